The summed E-state index contributed by atoms with van der Waals surface area (Å²) in [5.41, 5.74) is 6.33. The summed E-state index contributed by atoms with van der Waals surface area (Å²) in [5, 5.41) is 14.2. The van der Waals surface area contributed by atoms with Crippen molar-refractivity contribution in [2.24, 2.45) is 11.7 Å². The molecule has 0 aliphatic heterocycles. The Labute approximate surface area is 117 Å². The van der Waals surface area contributed by atoms with E-state index >= 15 is 0 Å². The van der Waals surface area contributed by atoms with Gasteiger partial charge in [-0.2, -0.15) is 0 Å². The Morgan fingerprint density at radius 1 is 1.40 bits per heavy atom. The van der Waals surface area contributed by atoms with Crippen LogP contribution in [0.3, 0.4) is 0 Å². The van der Waals surface area contributed by atoms with Gasteiger partial charge >= 0.3 is 0 Å². The van der Waals surface area contributed by atoms with Gasteiger partial charge in [-0.3, -0.25) is 10.1 Å². The lowest BCUT2D eigenvalue weighted by molar-refractivity contribution is -0.384. The van der Waals surface area contributed by atoms with E-state index in [4.69, 9.17) is 15.2 Å². The Bertz CT molecular complexity index is 503. The Balaban J connectivity index is 2.21. The molecule has 0 amide bonds. The van der Waals surface area contributed by atoms with Gasteiger partial charge in [0.2, 0.25) is 0 Å². The monoisotopic (exact) mass is 281 g/mol. The number of nitro groups is 1. The average Bonchev–Trinajstić information content (AvgIpc) is 3.28. The lowest BCUT2D eigenvalue weighted by Gasteiger charge is -2.15. The molecule has 110 valence electrons. The molecule has 1 aromatic rings. The SMILES string of the molecule is COc1cc(NCC(N)C2CC2)c([N+](=O)[O-])cc1OC. The van der Waals surface area contributed by atoms with E-state index in [-0.39, 0.29) is 11.7 Å². The van der Waals surface area contributed by atoms with Gasteiger partial charge in [0.05, 0.1) is 25.2 Å². The van der Waals surface area contributed by atoms with Crippen molar-refractivity contribution in [1.82, 2.24) is 0 Å². The second-order valence-electron chi connectivity index (χ2n) is 4.86. The number of nitrogens with one attached hydrogen (secondary N) is 1. The molecule has 1 unspecified atom stereocenters. The predicted octanol–water partition coefficient (Wildman–Crippen LogP) is 1.76. The zero-order valence-corrected chi connectivity index (χ0v) is 11.6. The number of methoxy groups -OCH3 is 2. The molecular weight excluding hydrogens is 262 g/mol. The normalized spacial score (nSPS) is 15.6. The Kier molecular flexibility index (Phi) is 4.29. The van der Waals surface area contributed by atoms with Gasteiger partial charge in [0.1, 0.15) is 5.69 Å². The van der Waals surface area contributed by atoms with E-state index < -0.39 is 4.92 Å². The van der Waals surface area contributed by atoms with Gasteiger partial charge in [-0.05, 0) is 18.8 Å². The van der Waals surface area contributed by atoms with Crippen molar-refractivity contribution in [3.63, 3.8) is 0 Å². The maximum absolute atomic E-state index is 11.1. The fourth-order valence-electron chi connectivity index (χ4n) is 2.08. The molecule has 1 atom stereocenters. The number of nitro benzene ring substituents is 1. The molecular formula is C13H19N3O4. The van der Waals surface area contributed by atoms with Crippen LogP contribution in [0.4, 0.5) is 11.4 Å². The molecule has 1 fully saturated rings. The smallest absolute Gasteiger partial charge is 0.296 e. The zero-order chi connectivity index (χ0) is 14.7. The van der Waals surface area contributed by atoms with E-state index in [9.17, 15) is 10.1 Å². The van der Waals surface area contributed by atoms with Gasteiger partial charge < -0.3 is 20.5 Å². The van der Waals surface area contributed by atoms with Crippen LogP contribution in [0.25, 0.3) is 0 Å². The van der Waals surface area contributed by atoms with Crippen LogP contribution in [0, 0.1) is 16.0 Å². The molecule has 1 aliphatic carbocycles. The summed E-state index contributed by atoms with van der Waals surface area (Å²) in [7, 11) is 2.93. The minimum atomic E-state index is -0.451. The highest BCUT2D eigenvalue weighted by Crippen LogP contribution is 2.38. The fourth-order valence-corrected chi connectivity index (χ4v) is 2.08. The van der Waals surface area contributed by atoms with E-state index in [1.54, 1.807) is 6.07 Å². The first kappa shape index (κ1) is 14.4. The van der Waals surface area contributed by atoms with Gasteiger partial charge in [0.15, 0.2) is 11.5 Å². The minimum Gasteiger partial charge on any atom is -0.493 e. The summed E-state index contributed by atoms with van der Waals surface area (Å²) < 4.78 is 10.2. The maximum atomic E-state index is 11.1. The van der Waals surface area contributed by atoms with Crippen LogP contribution in [-0.4, -0.2) is 31.7 Å². The van der Waals surface area contributed by atoms with Crippen LogP contribution in [-0.2, 0) is 0 Å². The quantitative estimate of drug-likeness (QED) is 0.583. The van der Waals surface area contributed by atoms with E-state index in [0.29, 0.717) is 29.6 Å². The third-order valence-electron chi connectivity index (χ3n) is 3.45. The van der Waals surface area contributed by atoms with Crippen molar-refractivity contribution >= 4 is 11.4 Å². The van der Waals surface area contributed by atoms with Crippen molar-refractivity contribution in [2.45, 2.75) is 18.9 Å². The van der Waals surface area contributed by atoms with Crippen LogP contribution in [0.5, 0.6) is 11.5 Å². The van der Waals surface area contributed by atoms with Crippen LogP contribution < -0.4 is 20.5 Å². The molecule has 3 N–H and O–H groups in total. The second kappa shape index (κ2) is 5.96. The number of ether oxygens (including phenoxy) is 2. The molecule has 7 heteroatoms. The minimum absolute atomic E-state index is 0.0164. The summed E-state index contributed by atoms with van der Waals surface area (Å²) in [6.45, 7) is 0.501. The molecule has 1 saturated carbocycles. The average molecular weight is 281 g/mol. The summed E-state index contributed by atoms with van der Waals surface area (Å²) in [5.74, 6) is 1.30. The van der Waals surface area contributed by atoms with Gasteiger partial charge in [0, 0.05) is 18.7 Å². The van der Waals surface area contributed by atoms with E-state index in [0.717, 1.165) is 12.8 Å². The largest absolute Gasteiger partial charge is 0.493 e. The maximum Gasteiger partial charge on any atom is 0.296 e. The number of hydrogen-bond acceptors (Lipinski definition) is 6. The molecule has 1 aliphatic rings. The predicted molar refractivity (Wildman–Crippen MR) is 75.4 cm³/mol. The van der Waals surface area contributed by atoms with Crippen molar-refractivity contribution in [3.8, 4) is 11.5 Å². The van der Waals surface area contributed by atoms with Crippen LogP contribution in [0.2, 0.25) is 0 Å². The number of rotatable bonds is 7. The highest BCUT2D eigenvalue weighted by molar-refractivity contribution is 5.68. The van der Waals surface area contributed by atoms with Crippen molar-refractivity contribution in [3.05, 3.63) is 22.2 Å². The van der Waals surface area contributed by atoms with Gasteiger partial charge in [-0.25, -0.2) is 0 Å². The van der Waals surface area contributed by atoms with Crippen molar-refractivity contribution in [1.29, 1.82) is 0 Å². The topological polar surface area (TPSA) is 99.7 Å². The van der Waals surface area contributed by atoms with Crippen LogP contribution >= 0.6 is 0 Å². The fraction of sp³-hybridized carbons (Fsp3) is 0.538. The highest BCUT2D eigenvalue weighted by Gasteiger charge is 2.29. The number of nitrogens with zero attached hydrogens (tertiary/aromatic N) is 1. The van der Waals surface area contributed by atoms with Crippen molar-refractivity contribution in [2.75, 3.05) is 26.1 Å². The first-order valence-corrected chi connectivity index (χ1v) is 6.46. The van der Waals surface area contributed by atoms with E-state index in [2.05, 4.69) is 5.32 Å². The first-order valence-electron chi connectivity index (χ1n) is 6.46. The summed E-state index contributed by atoms with van der Waals surface area (Å²) in [6.07, 6.45) is 2.27. The Hall–Kier alpha value is -2.02. The number of nitrogens with two attached hydrogens (primary N) is 1. The zero-order valence-electron chi connectivity index (χ0n) is 11.6. The summed E-state index contributed by atoms with van der Waals surface area (Å²) in [6, 6.07) is 2.93. The van der Waals surface area contributed by atoms with Gasteiger partial charge in [0.25, 0.3) is 5.69 Å². The molecule has 0 saturated heterocycles. The number of benzene rings is 1. The lowest BCUT2D eigenvalue weighted by atomic mass is 10.2. The molecule has 0 aromatic heterocycles. The van der Waals surface area contributed by atoms with Crippen LogP contribution in [0.1, 0.15) is 12.8 Å². The highest BCUT2D eigenvalue weighted by atomic mass is 16.6. The second-order valence-corrected chi connectivity index (χ2v) is 4.86. The third-order valence-corrected chi connectivity index (χ3v) is 3.45. The molecule has 20 heavy (non-hydrogen) atoms. The molecule has 2 rings (SSSR count). The van der Waals surface area contributed by atoms with Crippen molar-refractivity contribution < 1.29 is 14.4 Å². The molecule has 1 aromatic carbocycles. The molecule has 0 bridgehead atoms. The third kappa shape index (κ3) is 3.11. The van der Waals surface area contributed by atoms with Gasteiger partial charge in [-0.1, -0.05) is 0 Å². The lowest BCUT2D eigenvalue weighted by Crippen LogP contribution is -2.31. The summed E-state index contributed by atoms with van der Waals surface area (Å²) >= 11 is 0. The Morgan fingerprint density at radius 2 is 2.00 bits per heavy atom. The van der Waals surface area contributed by atoms with E-state index in [1.807, 2.05) is 0 Å². The standard InChI is InChI=1S/C13H19N3O4/c1-19-12-5-10(15-7-9(14)8-3-4-8)11(16(17)18)6-13(12)20-2/h5-6,8-9,15H,3-4,7,14H2,1-2H3. The molecule has 7 nitrogen and oxygen atoms in total. The molecule has 0 heterocycles. The Morgan fingerprint density at radius 3 is 2.50 bits per heavy atom. The molecule has 0 spiro atoms. The van der Waals surface area contributed by atoms with Gasteiger partial charge in [-0.15, -0.1) is 0 Å². The molecule has 0 radical (unpaired) electrons. The number of anilines is 1. The summed E-state index contributed by atoms with van der Waals surface area (Å²) in [4.78, 5) is 10.7. The van der Waals surface area contributed by atoms with Crippen LogP contribution in [0.15, 0.2) is 12.1 Å². The van der Waals surface area contributed by atoms with E-state index in [1.165, 1.54) is 20.3 Å². The number of hydrogen-bond donors (Lipinski definition) is 2. The first-order chi connectivity index (χ1) is 9.56.